The van der Waals surface area contributed by atoms with Crippen LogP contribution in [0.15, 0.2) is 0 Å². The van der Waals surface area contributed by atoms with Gasteiger partial charge in [0.2, 0.25) is 0 Å². The first-order chi connectivity index (χ1) is 5.13. The Labute approximate surface area is 118 Å². The largest absolute Gasteiger partial charge is 1.00 e. The third kappa shape index (κ3) is 19.3. The fraction of sp³-hybridized carbons (Fsp3) is 0.500. The van der Waals surface area contributed by atoms with E-state index in [0.717, 1.165) is 0 Å². The summed E-state index contributed by atoms with van der Waals surface area (Å²) in [5.74, 6) is -3.02. The molecule has 0 N–H and O–H groups in total. The van der Waals surface area contributed by atoms with Crippen molar-refractivity contribution < 1.29 is 93.7 Å². The van der Waals surface area contributed by atoms with Crippen molar-refractivity contribution in [3.63, 3.8) is 0 Å². The van der Waals surface area contributed by atoms with E-state index in [9.17, 15) is 19.8 Å². The van der Waals surface area contributed by atoms with E-state index in [1.807, 2.05) is 0 Å². The van der Waals surface area contributed by atoms with Crippen molar-refractivity contribution in [1.82, 2.24) is 0 Å². The molecule has 0 aliphatic rings. The minimum absolute atomic E-state index is 0. The Balaban J connectivity index is -0.000000500. The maximum absolute atomic E-state index is 9.60. The van der Waals surface area contributed by atoms with Crippen molar-refractivity contribution in [2.45, 2.75) is 0 Å². The molecule has 0 aromatic heterocycles. The van der Waals surface area contributed by atoms with E-state index in [4.69, 9.17) is 0 Å². The summed E-state index contributed by atoms with van der Waals surface area (Å²) in [4.78, 5) is 26.7. The number of carbonyl (C=O) groups is 2. The van der Waals surface area contributed by atoms with Gasteiger partial charge in [0, 0.05) is 0 Å². The van der Waals surface area contributed by atoms with Gasteiger partial charge in [-0.25, -0.2) is 9.78 Å². The zero-order valence-corrected chi connectivity index (χ0v) is 11.3. The Morgan fingerprint density at radius 2 is 1.23 bits per heavy atom. The summed E-state index contributed by atoms with van der Waals surface area (Å²) < 4.78 is 0. The van der Waals surface area contributed by atoms with Crippen molar-refractivity contribution in [3.8, 4) is 0 Å². The second kappa shape index (κ2) is 12.8. The summed E-state index contributed by atoms with van der Waals surface area (Å²) in [6, 6.07) is 0. The zero-order valence-electron chi connectivity index (χ0n) is 7.27. The van der Waals surface area contributed by atoms with Crippen LogP contribution in [0.1, 0.15) is 0 Å². The standard InChI is InChI=1S/C4H6O7.2Na/c5-3(6)1-9-11-10-2-4(7)8;;/h1-2H2,(H,5,6)(H,7,8);;/q;2*+1/p-2. The molecule has 0 fully saturated rings. The summed E-state index contributed by atoms with van der Waals surface area (Å²) in [7, 11) is 0. The minimum Gasteiger partial charge on any atom is -0.547 e. The Bertz CT molecular complexity index is 133. The van der Waals surface area contributed by atoms with Crippen LogP contribution in [0.4, 0.5) is 0 Å². The molecule has 0 radical (unpaired) electrons. The SMILES string of the molecule is O=C([O-])COOOCC(=O)[O-].[Na+].[Na+]. The molecule has 0 bridgehead atoms. The average Bonchev–Trinajstić information content (AvgIpc) is 1.85. The molecular formula is C4H4Na2O7. The van der Waals surface area contributed by atoms with E-state index in [0.29, 0.717) is 0 Å². The molecule has 0 atom stereocenters. The molecule has 9 heteroatoms. The molecule has 0 aromatic carbocycles. The summed E-state index contributed by atoms with van der Waals surface area (Å²) in [6.45, 7) is -1.68. The molecule has 0 aliphatic heterocycles. The fourth-order valence-electron chi connectivity index (χ4n) is 0.178. The van der Waals surface area contributed by atoms with Gasteiger partial charge in [0.25, 0.3) is 0 Å². The van der Waals surface area contributed by atoms with Crippen LogP contribution in [0, 0.1) is 0 Å². The molecule has 0 aliphatic carbocycles. The van der Waals surface area contributed by atoms with Crippen molar-refractivity contribution in [2.75, 3.05) is 13.2 Å². The number of carbonyl (C=O) groups excluding carboxylic acids is 2. The number of hydrogen-bond donors (Lipinski definition) is 0. The minimum atomic E-state index is -1.51. The van der Waals surface area contributed by atoms with Crippen molar-refractivity contribution in [2.24, 2.45) is 0 Å². The van der Waals surface area contributed by atoms with E-state index in [2.05, 4.69) is 14.8 Å². The molecular weight excluding hydrogens is 206 g/mol. The summed E-state index contributed by atoms with van der Waals surface area (Å²) in [5.41, 5.74) is 0. The van der Waals surface area contributed by atoms with Gasteiger partial charge in [-0.15, -0.1) is 0 Å². The third-order valence-electron chi connectivity index (χ3n) is 0.450. The average molecular weight is 210 g/mol. The first-order valence-corrected chi connectivity index (χ1v) is 2.43. The van der Waals surface area contributed by atoms with E-state index >= 15 is 0 Å². The van der Waals surface area contributed by atoms with Gasteiger partial charge in [-0.3, -0.25) is 0 Å². The molecule has 0 heterocycles. The van der Waals surface area contributed by atoms with Crippen LogP contribution in [0.2, 0.25) is 0 Å². The van der Waals surface area contributed by atoms with Crippen LogP contribution in [-0.2, 0) is 24.4 Å². The maximum Gasteiger partial charge on any atom is 1.00 e. The molecule has 0 unspecified atom stereocenters. The third-order valence-corrected chi connectivity index (χ3v) is 0.450. The Morgan fingerprint density at radius 3 is 1.46 bits per heavy atom. The van der Waals surface area contributed by atoms with Crippen LogP contribution in [-0.4, -0.2) is 25.2 Å². The molecule has 13 heavy (non-hydrogen) atoms. The maximum atomic E-state index is 9.60. The number of rotatable bonds is 6. The Kier molecular flexibility index (Phi) is 19.1. The van der Waals surface area contributed by atoms with Gasteiger partial charge in [0.15, 0.2) is 0 Å². The zero-order chi connectivity index (χ0) is 8.69. The predicted octanol–water partition coefficient (Wildman–Crippen LogP) is -9.63. The molecule has 0 saturated heterocycles. The topological polar surface area (TPSA) is 108 Å². The molecule has 0 saturated carbocycles. The van der Waals surface area contributed by atoms with E-state index in [1.54, 1.807) is 0 Å². The monoisotopic (exact) mass is 210 g/mol. The van der Waals surface area contributed by atoms with Gasteiger partial charge < -0.3 is 19.8 Å². The quantitative estimate of drug-likeness (QED) is 0.185. The Morgan fingerprint density at radius 1 is 0.923 bits per heavy atom. The first kappa shape index (κ1) is 19.4. The van der Waals surface area contributed by atoms with Crippen LogP contribution < -0.4 is 69.3 Å². The van der Waals surface area contributed by atoms with E-state index in [-0.39, 0.29) is 59.1 Å². The van der Waals surface area contributed by atoms with Crippen LogP contribution in [0.25, 0.3) is 0 Å². The normalized spacial score (nSPS) is 8.00. The van der Waals surface area contributed by atoms with Crippen molar-refractivity contribution >= 4 is 11.9 Å². The number of carboxylic acid groups (broad SMARTS) is 2. The molecule has 0 rings (SSSR count). The summed E-state index contributed by atoms with van der Waals surface area (Å²) in [5, 5.41) is 22.8. The molecule has 0 spiro atoms. The second-order valence-corrected chi connectivity index (χ2v) is 1.34. The van der Waals surface area contributed by atoms with Gasteiger partial charge in [0.05, 0.1) is 11.9 Å². The van der Waals surface area contributed by atoms with Crippen molar-refractivity contribution in [3.05, 3.63) is 0 Å². The predicted molar refractivity (Wildman–Crippen MR) is 23.0 cm³/mol. The van der Waals surface area contributed by atoms with Gasteiger partial charge in [-0.1, -0.05) is 5.04 Å². The van der Waals surface area contributed by atoms with E-state index < -0.39 is 25.2 Å². The van der Waals surface area contributed by atoms with Gasteiger partial charge in [0.1, 0.15) is 13.2 Å². The smallest absolute Gasteiger partial charge is 0.547 e. The number of carboxylic acids is 2. The van der Waals surface area contributed by atoms with E-state index in [1.165, 1.54) is 0 Å². The number of hydrogen-bond acceptors (Lipinski definition) is 7. The Hall–Kier alpha value is 0.820. The van der Waals surface area contributed by atoms with Crippen LogP contribution >= 0.6 is 0 Å². The van der Waals surface area contributed by atoms with Gasteiger partial charge in [-0.2, -0.15) is 0 Å². The molecule has 0 aromatic rings. The van der Waals surface area contributed by atoms with Crippen LogP contribution in [0.3, 0.4) is 0 Å². The van der Waals surface area contributed by atoms with Gasteiger partial charge >= 0.3 is 59.1 Å². The number of aliphatic carboxylic acids is 2. The van der Waals surface area contributed by atoms with Crippen LogP contribution in [0.5, 0.6) is 0 Å². The summed E-state index contributed by atoms with van der Waals surface area (Å²) in [6.07, 6.45) is 0. The summed E-state index contributed by atoms with van der Waals surface area (Å²) >= 11 is 0. The fourth-order valence-corrected chi connectivity index (χ4v) is 0.178. The van der Waals surface area contributed by atoms with Gasteiger partial charge in [-0.05, 0) is 0 Å². The van der Waals surface area contributed by atoms with Crippen molar-refractivity contribution in [1.29, 1.82) is 0 Å². The first-order valence-electron chi connectivity index (χ1n) is 2.43. The second-order valence-electron chi connectivity index (χ2n) is 1.34. The molecule has 0 amide bonds. The molecule has 7 nitrogen and oxygen atoms in total. The molecule has 64 valence electrons.